The van der Waals surface area contributed by atoms with Gasteiger partial charge in [-0.05, 0) is 34.7 Å². The third kappa shape index (κ3) is 5.63. The first-order chi connectivity index (χ1) is 13.1. The molecule has 0 amide bonds. The van der Waals surface area contributed by atoms with Crippen molar-refractivity contribution in [3.05, 3.63) is 94.0 Å². The molecular weight excluding hydrogens is 402 g/mol. The molecule has 2 N–H and O–H groups in total. The van der Waals surface area contributed by atoms with Crippen LogP contribution in [0.5, 0.6) is 11.5 Å². The maximum atomic E-state index is 6.21. The second kappa shape index (κ2) is 9.28. The average molecular weight is 424 g/mol. The van der Waals surface area contributed by atoms with Gasteiger partial charge in [-0.1, -0.05) is 76.6 Å². The Kier molecular flexibility index (Phi) is 6.55. The predicted octanol–water partition coefficient (Wildman–Crippen LogP) is 6.18. The first-order valence-electron chi connectivity index (χ1n) is 8.72. The molecular formula is C23H22BrNO2. The molecule has 4 heteroatoms. The van der Waals surface area contributed by atoms with E-state index >= 15 is 0 Å². The topological polar surface area (TPSA) is 44.5 Å². The number of halogens is 1. The first kappa shape index (κ1) is 19.1. The largest absolute Gasteiger partial charge is 0.485 e. The highest BCUT2D eigenvalue weighted by Gasteiger charge is 2.11. The highest BCUT2D eigenvalue weighted by Crippen LogP contribution is 2.35. The summed E-state index contributed by atoms with van der Waals surface area (Å²) in [6.45, 7) is 2.88. The number of ether oxygens (including phenoxy) is 2. The zero-order valence-corrected chi connectivity index (χ0v) is 16.8. The number of hydrogen-bond acceptors (Lipinski definition) is 3. The Balaban J connectivity index is 1.85. The summed E-state index contributed by atoms with van der Waals surface area (Å²) in [5.41, 5.74) is 9.93. The van der Waals surface area contributed by atoms with Crippen molar-refractivity contribution in [3.63, 3.8) is 0 Å². The summed E-state index contributed by atoms with van der Waals surface area (Å²) in [4.78, 5) is 0. The van der Waals surface area contributed by atoms with Gasteiger partial charge in [0.2, 0.25) is 0 Å². The van der Waals surface area contributed by atoms with Crippen molar-refractivity contribution < 1.29 is 9.47 Å². The lowest BCUT2D eigenvalue weighted by Gasteiger charge is -2.15. The predicted molar refractivity (Wildman–Crippen MR) is 115 cm³/mol. The van der Waals surface area contributed by atoms with E-state index in [-0.39, 0.29) is 0 Å². The number of anilines is 1. The fraction of sp³-hybridized carbons (Fsp3) is 0.130. The molecule has 3 nitrogen and oxygen atoms in total. The summed E-state index contributed by atoms with van der Waals surface area (Å²) in [6.07, 6.45) is 1.96. The lowest BCUT2D eigenvalue weighted by Crippen LogP contribution is -2.02. The molecule has 138 valence electrons. The van der Waals surface area contributed by atoms with E-state index in [0.29, 0.717) is 30.4 Å². The summed E-state index contributed by atoms with van der Waals surface area (Å²) in [7, 11) is 0. The fourth-order valence-electron chi connectivity index (χ4n) is 2.63. The van der Waals surface area contributed by atoms with Crippen LogP contribution in [0.4, 0.5) is 5.69 Å². The molecule has 0 atom stereocenters. The van der Waals surface area contributed by atoms with Gasteiger partial charge in [0.05, 0.1) is 0 Å². The van der Waals surface area contributed by atoms with E-state index in [1.807, 2.05) is 85.8 Å². The van der Waals surface area contributed by atoms with Crippen LogP contribution in [0.15, 0.2) is 77.3 Å². The Hall–Kier alpha value is -2.72. The van der Waals surface area contributed by atoms with Crippen LogP contribution in [0.3, 0.4) is 0 Å². The van der Waals surface area contributed by atoms with E-state index in [9.17, 15) is 0 Å². The van der Waals surface area contributed by atoms with Gasteiger partial charge in [-0.25, -0.2) is 0 Å². The van der Waals surface area contributed by atoms with Crippen molar-refractivity contribution in [1.29, 1.82) is 0 Å². The van der Waals surface area contributed by atoms with Crippen LogP contribution in [-0.2, 0) is 13.2 Å². The maximum Gasteiger partial charge on any atom is 0.163 e. The van der Waals surface area contributed by atoms with E-state index in [2.05, 4.69) is 15.9 Å². The Morgan fingerprint density at radius 1 is 0.852 bits per heavy atom. The molecule has 27 heavy (non-hydrogen) atoms. The summed E-state index contributed by atoms with van der Waals surface area (Å²) in [6, 6.07) is 23.8. The maximum absolute atomic E-state index is 6.21. The molecule has 0 spiro atoms. The van der Waals surface area contributed by atoms with Gasteiger partial charge < -0.3 is 15.2 Å². The van der Waals surface area contributed by atoms with Gasteiger partial charge >= 0.3 is 0 Å². The van der Waals surface area contributed by atoms with Crippen molar-refractivity contribution in [2.24, 2.45) is 0 Å². The number of nitrogen functional groups attached to an aromatic ring is 1. The van der Waals surface area contributed by atoms with Gasteiger partial charge in [-0.2, -0.15) is 0 Å². The molecule has 3 aromatic rings. The number of benzene rings is 3. The molecule has 0 aromatic heterocycles. The molecule has 0 unspecified atom stereocenters. The van der Waals surface area contributed by atoms with Crippen LogP contribution < -0.4 is 15.2 Å². The standard InChI is InChI=1S/C23H22BrNO2/c1-17(24)12-20-13-22(26-15-18-8-4-2-5-9-18)23(14-21(20)25)27-16-19-10-6-3-7-11-19/h2-14H,15-16,25H2,1H3/b17-12-. The molecule has 3 aromatic carbocycles. The summed E-state index contributed by atoms with van der Waals surface area (Å²) >= 11 is 3.46. The zero-order valence-electron chi connectivity index (χ0n) is 15.2. The Morgan fingerprint density at radius 3 is 1.81 bits per heavy atom. The van der Waals surface area contributed by atoms with Gasteiger partial charge in [0.15, 0.2) is 11.5 Å². The Bertz CT molecular complexity index is 904. The van der Waals surface area contributed by atoms with Crippen molar-refractivity contribution in [3.8, 4) is 11.5 Å². The van der Waals surface area contributed by atoms with E-state index in [1.165, 1.54) is 0 Å². The van der Waals surface area contributed by atoms with E-state index in [4.69, 9.17) is 15.2 Å². The van der Waals surface area contributed by atoms with Crippen LogP contribution in [-0.4, -0.2) is 0 Å². The van der Waals surface area contributed by atoms with Crippen molar-refractivity contribution in [2.45, 2.75) is 20.1 Å². The van der Waals surface area contributed by atoms with Gasteiger partial charge in [-0.15, -0.1) is 0 Å². The van der Waals surface area contributed by atoms with Crippen LogP contribution in [0.1, 0.15) is 23.6 Å². The SMILES string of the molecule is C/C(Br)=C/c1cc(OCc2ccccc2)c(OCc2ccccc2)cc1N. The van der Waals surface area contributed by atoms with Crippen molar-refractivity contribution >= 4 is 27.7 Å². The van der Waals surface area contributed by atoms with E-state index < -0.39 is 0 Å². The minimum Gasteiger partial charge on any atom is -0.485 e. The van der Waals surface area contributed by atoms with E-state index in [1.54, 1.807) is 0 Å². The van der Waals surface area contributed by atoms with Crippen molar-refractivity contribution in [2.75, 3.05) is 5.73 Å². The van der Waals surface area contributed by atoms with Crippen LogP contribution in [0.2, 0.25) is 0 Å². The second-order valence-electron chi connectivity index (χ2n) is 6.21. The van der Waals surface area contributed by atoms with Gasteiger partial charge in [0.25, 0.3) is 0 Å². The van der Waals surface area contributed by atoms with Crippen molar-refractivity contribution in [1.82, 2.24) is 0 Å². The third-order valence-corrected chi connectivity index (χ3v) is 4.21. The molecule has 0 heterocycles. The van der Waals surface area contributed by atoms with Crippen LogP contribution in [0, 0.1) is 0 Å². The summed E-state index contributed by atoms with van der Waals surface area (Å²) in [5, 5.41) is 0. The van der Waals surface area contributed by atoms with Gasteiger partial charge in [0, 0.05) is 17.3 Å². The average Bonchev–Trinajstić information content (AvgIpc) is 2.68. The number of rotatable bonds is 7. The molecule has 3 rings (SSSR count). The minimum absolute atomic E-state index is 0.453. The number of allylic oxidation sites excluding steroid dienone is 1. The normalized spacial score (nSPS) is 11.3. The molecule has 0 radical (unpaired) electrons. The minimum atomic E-state index is 0.453. The Morgan fingerprint density at radius 2 is 1.33 bits per heavy atom. The first-order valence-corrected chi connectivity index (χ1v) is 9.52. The molecule has 0 saturated carbocycles. The van der Waals surface area contributed by atoms with Crippen LogP contribution in [0.25, 0.3) is 6.08 Å². The molecule has 0 aliphatic heterocycles. The Labute approximate surface area is 168 Å². The molecule has 0 fully saturated rings. The lowest BCUT2D eigenvalue weighted by molar-refractivity contribution is 0.256. The van der Waals surface area contributed by atoms with E-state index in [0.717, 1.165) is 21.2 Å². The molecule has 0 aliphatic carbocycles. The number of nitrogens with two attached hydrogens (primary N) is 1. The van der Waals surface area contributed by atoms with Gasteiger partial charge in [0.1, 0.15) is 13.2 Å². The fourth-order valence-corrected chi connectivity index (χ4v) is 2.87. The number of hydrogen-bond donors (Lipinski definition) is 1. The quantitative estimate of drug-likeness (QED) is 0.461. The highest BCUT2D eigenvalue weighted by atomic mass is 79.9. The third-order valence-electron chi connectivity index (χ3n) is 3.98. The zero-order chi connectivity index (χ0) is 19.1. The molecule has 0 bridgehead atoms. The highest BCUT2D eigenvalue weighted by molar-refractivity contribution is 9.11. The smallest absolute Gasteiger partial charge is 0.163 e. The van der Waals surface area contributed by atoms with Gasteiger partial charge in [-0.3, -0.25) is 0 Å². The lowest BCUT2D eigenvalue weighted by atomic mass is 10.1. The molecule has 0 saturated heterocycles. The summed E-state index contributed by atoms with van der Waals surface area (Å²) in [5.74, 6) is 1.31. The second-order valence-corrected chi connectivity index (χ2v) is 7.46. The molecule has 0 aliphatic rings. The van der Waals surface area contributed by atoms with Crippen LogP contribution >= 0.6 is 15.9 Å². The monoisotopic (exact) mass is 423 g/mol. The summed E-state index contributed by atoms with van der Waals surface area (Å²) < 4.78 is 13.1.